The quantitative estimate of drug-likeness (QED) is 0.533. The van der Waals surface area contributed by atoms with Gasteiger partial charge in [0.1, 0.15) is 5.69 Å². The van der Waals surface area contributed by atoms with Crippen LogP contribution in [0, 0.1) is 5.41 Å². The molecule has 0 unspecified atom stereocenters. The molecule has 0 spiro atoms. The number of pyridine rings is 1. The second-order valence-corrected chi connectivity index (χ2v) is 4.48. The molecular formula is C11H16ClN3O2. The Morgan fingerprint density at radius 1 is 1.47 bits per heavy atom. The van der Waals surface area contributed by atoms with Crippen molar-refractivity contribution >= 4 is 24.3 Å². The summed E-state index contributed by atoms with van der Waals surface area (Å²) in [4.78, 5) is 14.3. The van der Waals surface area contributed by atoms with E-state index in [2.05, 4.69) is 4.98 Å². The van der Waals surface area contributed by atoms with Crippen molar-refractivity contribution in [2.24, 2.45) is 0 Å². The summed E-state index contributed by atoms with van der Waals surface area (Å²) >= 11 is 0. The summed E-state index contributed by atoms with van der Waals surface area (Å²) in [6, 6.07) is 3.58. The number of carboxylic acid groups (broad SMARTS) is 1. The van der Waals surface area contributed by atoms with Gasteiger partial charge in [0.05, 0.1) is 0 Å². The number of hydrogen-bond acceptors (Lipinski definition) is 3. The summed E-state index contributed by atoms with van der Waals surface area (Å²) in [7, 11) is 0. The number of amidine groups is 1. The van der Waals surface area contributed by atoms with Gasteiger partial charge in [-0.25, -0.2) is 4.79 Å². The zero-order valence-corrected chi connectivity index (χ0v) is 10.8. The Bertz CT molecular complexity index is 427. The molecule has 1 aromatic heterocycles. The average molecular weight is 258 g/mol. The lowest BCUT2D eigenvalue weighted by atomic mass is 9.87. The lowest BCUT2D eigenvalue weighted by Crippen LogP contribution is -2.29. The van der Waals surface area contributed by atoms with Crippen LogP contribution in [-0.2, 0) is 5.41 Å². The van der Waals surface area contributed by atoms with Crippen molar-refractivity contribution in [2.75, 3.05) is 0 Å². The van der Waals surface area contributed by atoms with Crippen LogP contribution >= 0.6 is 12.4 Å². The van der Waals surface area contributed by atoms with E-state index >= 15 is 0 Å². The van der Waals surface area contributed by atoms with Gasteiger partial charge >= 0.3 is 6.09 Å². The minimum Gasteiger partial charge on any atom is -0.465 e. The van der Waals surface area contributed by atoms with Crippen LogP contribution in [0.4, 0.5) is 4.79 Å². The third kappa shape index (κ3) is 4.40. The molecule has 6 heteroatoms. The molecular weight excluding hydrogens is 242 g/mol. The van der Waals surface area contributed by atoms with Crippen LogP contribution in [0.5, 0.6) is 0 Å². The molecule has 3 N–H and O–H groups in total. The number of hydrogen-bond donors (Lipinski definition) is 3. The molecule has 1 amide bonds. The highest BCUT2D eigenvalue weighted by atomic mass is 35.5. The molecule has 0 aromatic carbocycles. The fourth-order valence-corrected chi connectivity index (χ4v) is 1.20. The van der Waals surface area contributed by atoms with Crippen molar-refractivity contribution < 1.29 is 9.90 Å². The van der Waals surface area contributed by atoms with Gasteiger partial charge in [-0.3, -0.25) is 15.7 Å². The zero-order chi connectivity index (χ0) is 12.3. The van der Waals surface area contributed by atoms with Gasteiger partial charge in [-0.05, 0) is 23.1 Å². The number of nitrogens with zero attached hydrogens (tertiary/aromatic N) is 1. The Kier molecular flexibility index (Phi) is 5.10. The first-order valence-corrected chi connectivity index (χ1v) is 4.86. The molecule has 0 fully saturated rings. The van der Waals surface area contributed by atoms with Crippen LogP contribution < -0.4 is 5.32 Å². The summed E-state index contributed by atoms with van der Waals surface area (Å²) in [6.45, 7) is 6.13. The van der Waals surface area contributed by atoms with Gasteiger partial charge in [0.15, 0.2) is 5.84 Å². The summed E-state index contributed by atoms with van der Waals surface area (Å²) < 4.78 is 0. The third-order valence-electron chi connectivity index (χ3n) is 2.11. The molecule has 0 aliphatic heterocycles. The topological polar surface area (TPSA) is 86.1 Å². The lowest BCUT2D eigenvalue weighted by molar-refractivity contribution is 0.200. The van der Waals surface area contributed by atoms with Crippen molar-refractivity contribution in [1.82, 2.24) is 10.3 Å². The molecule has 1 rings (SSSR count). The van der Waals surface area contributed by atoms with Crippen LogP contribution in [0.3, 0.4) is 0 Å². The summed E-state index contributed by atoms with van der Waals surface area (Å²) in [5.74, 6) is -0.210. The van der Waals surface area contributed by atoms with Crippen LogP contribution in [0.1, 0.15) is 32.0 Å². The fourth-order valence-electron chi connectivity index (χ4n) is 1.20. The first kappa shape index (κ1) is 15.4. The van der Waals surface area contributed by atoms with Gasteiger partial charge in [-0.15, -0.1) is 12.4 Å². The van der Waals surface area contributed by atoms with Gasteiger partial charge in [0.2, 0.25) is 0 Å². The van der Waals surface area contributed by atoms with Crippen molar-refractivity contribution in [3.63, 3.8) is 0 Å². The predicted octanol–water partition coefficient (Wildman–Crippen LogP) is 2.39. The summed E-state index contributed by atoms with van der Waals surface area (Å²) in [6.07, 6.45) is 0.321. The number of rotatable bonds is 1. The normalized spacial score (nSPS) is 10.3. The van der Waals surface area contributed by atoms with E-state index < -0.39 is 6.09 Å². The van der Waals surface area contributed by atoms with E-state index in [-0.39, 0.29) is 23.7 Å². The van der Waals surface area contributed by atoms with Crippen molar-refractivity contribution in [3.05, 3.63) is 29.6 Å². The summed E-state index contributed by atoms with van der Waals surface area (Å²) in [5.41, 5.74) is 1.28. The minimum absolute atomic E-state index is 0. The molecule has 0 saturated heterocycles. The van der Waals surface area contributed by atoms with E-state index in [1.54, 1.807) is 12.3 Å². The van der Waals surface area contributed by atoms with E-state index in [1.807, 2.05) is 32.2 Å². The molecule has 94 valence electrons. The van der Waals surface area contributed by atoms with Crippen LogP contribution in [0.25, 0.3) is 0 Å². The number of amides is 1. The fraction of sp³-hybridized carbons (Fsp3) is 0.364. The highest BCUT2D eigenvalue weighted by Crippen LogP contribution is 2.21. The Morgan fingerprint density at radius 2 is 2.06 bits per heavy atom. The predicted molar refractivity (Wildman–Crippen MR) is 68.2 cm³/mol. The zero-order valence-electron chi connectivity index (χ0n) is 9.94. The first-order chi connectivity index (χ1) is 7.30. The van der Waals surface area contributed by atoms with Crippen molar-refractivity contribution in [3.8, 4) is 0 Å². The molecule has 0 bridgehead atoms. The van der Waals surface area contributed by atoms with Gasteiger partial charge in [0, 0.05) is 6.20 Å². The Balaban J connectivity index is 0.00000256. The Hall–Kier alpha value is -1.62. The van der Waals surface area contributed by atoms with Gasteiger partial charge < -0.3 is 5.11 Å². The molecule has 0 aliphatic carbocycles. The van der Waals surface area contributed by atoms with Crippen LogP contribution in [-0.4, -0.2) is 22.0 Å². The van der Waals surface area contributed by atoms with Crippen molar-refractivity contribution in [2.45, 2.75) is 26.2 Å². The third-order valence-corrected chi connectivity index (χ3v) is 2.11. The molecule has 5 nitrogen and oxygen atoms in total. The highest BCUT2D eigenvalue weighted by molar-refractivity contribution is 6.02. The van der Waals surface area contributed by atoms with Crippen molar-refractivity contribution in [1.29, 1.82) is 5.41 Å². The molecule has 1 aromatic rings. The number of nitrogens with one attached hydrogen (secondary N) is 2. The largest absolute Gasteiger partial charge is 0.465 e. The van der Waals surface area contributed by atoms with Gasteiger partial charge in [0.25, 0.3) is 0 Å². The smallest absolute Gasteiger partial charge is 0.410 e. The van der Waals surface area contributed by atoms with E-state index in [0.717, 1.165) is 5.56 Å². The minimum atomic E-state index is -1.26. The van der Waals surface area contributed by atoms with E-state index in [4.69, 9.17) is 10.5 Å². The summed E-state index contributed by atoms with van der Waals surface area (Å²) in [5, 5.41) is 18.0. The van der Waals surface area contributed by atoms with Gasteiger partial charge in [-0.1, -0.05) is 20.8 Å². The highest BCUT2D eigenvalue weighted by Gasteiger charge is 2.15. The number of carbonyl (C=O) groups is 1. The maximum absolute atomic E-state index is 10.4. The van der Waals surface area contributed by atoms with Gasteiger partial charge in [-0.2, -0.15) is 0 Å². The number of halogens is 1. The van der Waals surface area contributed by atoms with E-state index in [0.29, 0.717) is 5.69 Å². The average Bonchev–Trinajstić information content (AvgIpc) is 2.15. The second-order valence-electron chi connectivity index (χ2n) is 4.48. The first-order valence-electron chi connectivity index (χ1n) is 4.86. The number of aromatic nitrogens is 1. The monoisotopic (exact) mass is 257 g/mol. The molecule has 1 heterocycles. The van der Waals surface area contributed by atoms with Crippen LogP contribution in [0.2, 0.25) is 0 Å². The molecule has 17 heavy (non-hydrogen) atoms. The SMILES string of the molecule is CC(C)(C)c1ccnc(C(=N)NC(=O)O)c1.Cl. The molecule has 0 aliphatic rings. The lowest BCUT2D eigenvalue weighted by Gasteiger charge is -2.19. The maximum atomic E-state index is 10.4. The Morgan fingerprint density at radius 3 is 2.53 bits per heavy atom. The van der Waals surface area contributed by atoms with Crippen LogP contribution in [0.15, 0.2) is 18.3 Å². The molecule has 0 atom stereocenters. The molecule has 0 radical (unpaired) electrons. The van der Waals surface area contributed by atoms with E-state index in [9.17, 15) is 4.79 Å². The molecule has 0 saturated carbocycles. The Labute approximate surface area is 106 Å². The standard InChI is InChI=1S/C11H15N3O2.ClH/c1-11(2,3)7-4-5-13-8(6-7)9(12)14-10(15)16;/h4-6H,1-3H3,(H2,12,14)(H,15,16);1H. The van der Waals surface area contributed by atoms with E-state index in [1.165, 1.54) is 0 Å². The maximum Gasteiger partial charge on any atom is 0.410 e. The second kappa shape index (κ2) is 5.63.